The lowest BCUT2D eigenvalue weighted by Gasteiger charge is -2.03. The first kappa shape index (κ1) is 11.0. The monoisotopic (exact) mass is 227 g/mol. The minimum Gasteiger partial charge on any atom is -0.462 e. The molecule has 3 nitrogen and oxygen atoms in total. The van der Waals surface area contributed by atoms with Crippen molar-refractivity contribution in [1.82, 2.24) is 4.98 Å². The Balaban J connectivity index is 1.73. The Morgan fingerprint density at radius 1 is 1.62 bits per heavy atom. The first-order valence-electron chi connectivity index (χ1n) is 5.04. The topological polar surface area (TPSA) is 39.2 Å². The van der Waals surface area contributed by atoms with E-state index in [4.69, 9.17) is 4.74 Å². The molecule has 2 rings (SSSR count). The van der Waals surface area contributed by atoms with Gasteiger partial charge in [-0.1, -0.05) is 0 Å². The van der Waals surface area contributed by atoms with Crippen LogP contribution in [0.25, 0.3) is 0 Å². The van der Waals surface area contributed by atoms with Crippen LogP contribution < -0.4 is 0 Å². The molecule has 1 aromatic heterocycles. The molecule has 1 aliphatic carbocycles. The third kappa shape index (κ3) is 2.53. The molecule has 1 fully saturated rings. The standard InChI is InChI=1S/C11H11F2NO2/c12-11(13)6-9(11)3-5-16-10(15)8-2-1-4-14-7-8/h1-2,4,7,9H,3,5-6H2. The molecule has 1 saturated carbocycles. The molecule has 16 heavy (non-hydrogen) atoms. The maximum atomic E-state index is 12.5. The number of rotatable bonds is 4. The summed E-state index contributed by atoms with van der Waals surface area (Å²) in [6.07, 6.45) is 3.06. The summed E-state index contributed by atoms with van der Waals surface area (Å²) >= 11 is 0. The van der Waals surface area contributed by atoms with Crippen LogP contribution in [0.1, 0.15) is 23.2 Å². The third-order valence-electron chi connectivity index (χ3n) is 2.55. The van der Waals surface area contributed by atoms with Gasteiger partial charge >= 0.3 is 5.97 Å². The zero-order valence-electron chi connectivity index (χ0n) is 8.53. The smallest absolute Gasteiger partial charge is 0.339 e. The normalized spacial score (nSPS) is 21.5. The van der Waals surface area contributed by atoms with Gasteiger partial charge in [0.05, 0.1) is 12.2 Å². The van der Waals surface area contributed by atoms with Crippen LogP contribution in [-0.4, -0.2) is 23.5 Å². The van der Waals surface area contributed by atoms with Gasteiger partial charge < -0.3 is 4.74 Å². The van der Waals surface area contributed by atoms with Gasteiger partial charge in [-0.3, -0.25) is 4.98 Å². The van der Waals surface area contributed by atoms with Crippen LogP contribution in [0.2, 0.25) is 0 Å². The summed E-state index contributed by atoms with van der Waals surface area (Å²) in [5.74, 6) is -3.67. The minimum absolute atomic E-state index is 0.0357. The zero-order chi connectivity index (χ0) is 11.6. The molecule has 0 amide bonds. The van der Waals surface area contributed by atoms with Gasteiger partial charge in [-0.25, -0.2) is 13.6 Å². The van der Waals surface area contributed by atoms with Crippen molar-refractivity contribution in [2.24, 2.45) is 5.92 Å². The first-order valence-corrected chi connectivity index (χ1v) is 5.04. The first-order chi connectivity index (χ1) is 7.59. The van der Waals surface area contributed by atoms with E-state index in [2.05, 4.69) is 4.98 Å². The molecule has 1 aliphatic rings. The predicted molar refractivity (Wildman–Crippen MR) is 52.2 cm³/mol. The van der Waals surface area contributed by atoms with Crippen LogP contribution >= 0.6 is 0 Å². The Kier molecular flexibility index (Phi) is 2.85. The Morgan fingerprint density at radius 2 is 2.38 bits per heavy atom. The molecule has 0 spiro atoms. The minimum atomic E-state index is -2.54. The second-order valence-corrected chi connectivity index (χ2v) is 3.83. The number of aromatic nitrogens is 1. The highest BCUT2D eigenvalue weighted by Crippen LogP contribution is 2.50. The molecular formula is C11H11F2NO2. The summed E-state index contributed by atoms with van der Waals surface area (Å²) in [4.78, 5) is 15.1. The van der Waals surface area contributed by atoms with E-state index in [1.165, 1.54) is 6.20 Å². The molecule has 1 unspecified atom stereocenters. The number of halogens is 2. The zero-order valence-corrected chi connectivity index (χ0v) is 8.53. The van der Waals surface area contributed by atoms with Gasteiger partial charge in [-0.05, 0) is 18.6 Å². The van der Waals surface area contributed by atoms with Crippen LogP contribution in [0.5, 0.6) is 0 Å². The van der Waals surface area contributed by atoms with Crippen LogP contribution in [0.4, 0.5) is 8.78 Å². The molecular weight excluding hydrogens is 216 g/mol. The second-order valence-electron chi connectivity index (χ2n) is 3.83. The number of pyridine rings is 1. The maximum absolute atomic E-state index is 12.5. The summed E-state index contributed by atoms with van der Waals surface area (Å²) in [5, 5.41) is 0. The Bertz CT molecular complexity index is 381. The van der Waals surface area contributed by atoms with Crippen molar-refractivity contribution in [2.75, 3.05) is 6.61 Å². The molecule has 1 aromatic rings. The number of nitrogens with zero attached hydrogens (tertiary/aromatic N) is 1. The highest BCUT2D eigenvalue weighted by molar-refractivity contribution is 5.88. The average molecular weight is 227 g/mol. The lowest BCUT2D eigenvalue weighted by atomic mass is 10.3. The van der Waals surface area contributed by atoms with Gasteiger partial charge in [-0.2, -0.15) is 0 Å². The van der Waals surface area contributed by atoms with Crippen molar-refractivity contribution in [3.63, 3.8) is 0 Å². The number of carbonyl (C=O) groups is 1. The molecule has 1 heterocycles. The van der Waals surface area contributed by atoms with Crippen molar-refractivity contribution in [3.8, 4) is 0 Å². The van der Waals surface area contributed by atoms with E-state index in [9.17, 15) is 13.6 Å². The van der Waals surface area contributed by atoms with Crippen molar-refractivity contribution in [3.05, 3.63) is 30.1 Å². The van der Waals surface area contributed by atoms with E-state index in [0.29, 0.717) is 5.56 Å². The Morgan fingerprint density at radius 3 is 2.94 bits per heavy atom. The van der Waals surface area contributed by atoms with Crippen LogP contribution in [-0.2, 0) is 4.74 Å². The Hall–Kier alpha value is -1.52. The molecule has 0 N–H and O–H groups in total. The third-order valence-corrected chi connectivity index (χ3v) is 2.55. The van der Waals surface area contributed by atoms with Crippen molar-refractivity contribution in [2.45, 2.75) is 18.8 Å². The number of carbonyl (C=O) groups excluding carboxylic acids is 1. The molecule has 0 aromatic carbocycles. The number of alkyl halides is 2. The van der Waals surface area contributed by atoms with Crippen molar-refractivity contribution in [1.29, 1.82) is 0 Å². The van der Waals surface area contributed by atoms with E-state index >= 15 is 0 Å². The molecule has 0 aliphatic heterocycles. The van der Waals surface area contributed by atoms with Crippen LogP contribution in [0.15, 0.2) is 24.5 Å². The lowest BCUT2D eigenvalue weighted by molar-refractivity contribution is 0.0452. The highest BCUT2D eigenvalue weighted by Gasteiger charge is 2.56. The highest BCUT2D eigenvalue weighted by atomic mass is 19.3. The van der Waals surface area contributed by atoms with E-state index in [-0.39, 0.29) is 19.4 Å². The molecule has 0 radical (unpaired) electrons. The van der Waals surface area contributed by atoms with E-state index < -0.39 is 17.8 Å². The summed E-state index contributed by atoms with van der Waals surface area (Å²) in [7, 11) is 0. The summed E-state index contributed by atoms with van der Waals surface area (Å²) in [6, 6.07) is 3.19. The predicted octanol–water partition coefficient (Wildman–Crippen LogP) is 2.28. The lowest BCUT2D eigenvalue weighted by Crippen LogP contribution is -2.08. The average Bonchev–Trinajstić information content (AvgIpc) is 2.87. The van der Waals surface area contributed by atoms with E-state index in [1.54, 1.807) is 18.3 Å². The van der Waals surface area contributed by atoms with Crippen molar-refractivity contribution < 1.29 is 18.3 Å². The number of esters is 1. The largest absolute Gasteiger partial charge is 0.462 e. The Labute approximate surface area is 91.4 Å². The summed E-state index contributed by atoms with van der Waals surface area (Å²) < 4.78 is 29.8. The van der Waals surface area contributed by atoms with Gasteiger partial charge in [0, 0.05) is 24.7 Å². The summed E-state index contributed by atoms with van der Waals surface area (Å²) in [6.45, 7) is 0.0357. The van der Waals surface area contributed by atoms with Gasteiger partial charge in [0.15, 0.2) is 0 Å². The molecule has 1 atom stereocenters. The van der Waals surface area contributed by atoms with Crippen molar-refractivity contribution >= 4 is 5.97 Å². The molecule has 86 valence electrons. The van der Waals surface area contributed by atoms with Gasteiger partial charge in [-0.15, -0.1) is 0 Å². The number of ether oxygens (including phenoxy) is 1. The molecule has 0 saturated heterocycles. The second kappa shape index (κ2) is 4.15. The molecule has 0 bridgehead atoms. The number of hydrogen-bond acceptors (Lipinski definition) is 3. The van der Waals surface area contributed by atoms with Gasteiger partial charge in [0.25, 0.3) is 5.92 Å². The maximum Gasteiger partial charge on any atom is 0.339 e. The quantitative estimate of drug-likeness (QED) is 0.741. The number of hydrogen-bond donors (Lipinski definition) is 0. The summed E-state index contributed by atoms with van der Waals surface area (Å²) in [5.41, 5.74) is 0.338. The fourth-order valence-electron chi connectivity index (χ4n) is 1.44. The van der Waals surface area contributed by atoms with Crippen LogP contribution in [0.3, 0.4) is 0 Å². The fourth-order valence-corrected chi connectivity index (χ4v) is 1.44. The van der Waals surface area contributed by atoms with Gasteiger partial charge in [0.2, 0.25) is 0 Å². The fraction of sp³-hybridized carbons (Fsp3) is 0.455. The SMILES string of the molecule is O=C(OCCC1CC1(F)F)c1cccnc1. The van der Waals surface area contributed by atoms with Gasteiger partial charge in [0.1, 0.15) is 0 Å². The van der Waals surface area contributed by atoms with Crippen LogP contribution in [0, 0.1) is 5.92 Å². The molecule has 5 heteroatoms. The van der Waals surface area contributed by atoms with E-state index in [1.807, 2.05) is 0 Å². The van der Waals surface area contributed by atoms with E-state index in [0.717, 1.165) is 0 Å².